The SMILES string of the molecule is c1ccc(-n2ccc3c2-c2ccccc2C3)cc1. The Kier molecular flexibility index (Phi) is 1.95. The van der Waals surface area contributed by atoms with E-state index in [4.69, 9.17) is 0 Å². The first-order valence-corrected chi connectivity index (χ1v) is 6.27. The Labute approximate surface area is 106 Å². The van der Waals surface area contributed by atoms with Crippen molar-refractivity contribution in [2.75, 3.05) is 0 Å². The number of hydrogen-bond donors (Lipinski definition) is 0. The van der Waals surface area contributed by atoms with Gasteiger partial charge in [0.25, 0.3) is 0 Å². The van der Waals surface area contributed by atoms with Crippen molar-refractivity contribution in [3.8, 4) is 16.9 Å². The van der Waals surface area contributed by atoms with Crippen LogP contribution in [0.15, 0.2) is 66.9 Å². The molecule has 0 saturated heterocycles. The average molecular weight is 231 g/mol. The first kappa shape index (κ1) is 9.72. The van der Waals surface area contributed by atoms with E-state index in [1.54, 1.807) is 0 Å². The van der Waals surface area contributed by atoms with Crippen molar-refractivity contribution < 1.29 is 0 Å². The molecule has 0 aliphatic heterocycles. The zero-order valence-corrected chi connectivity index (χ0v) is 10.0. The molecule has 0 saturated carbocycles. The quantitative estimate of drug-likeness (QED) is 0.466. The van der Waals surface area contributed by atoms with E-state index in [2.05, 4.69) is 71.4 Å². The predicted octanol–water partition coefficient (Wildman–Crippen LogP) is 4.05. The molecule has 2 aromatic carbocycles. The number of rotatable bonds is 1. The molecule has 0 radical (unpaired) electrons. The van der Waals surface area contributed by atoms with Gasteiger partial charge in [-0.05, 0) is 29.3 Å². The fraction of sp³-hybridized carbons (Fsp3) is 0.0588. The first-order valence-electron chi connectivity index (χ1n) is 6.27. The van der Waals surface area contributed by atoms with Crippen LogP contribution in [0.2, 0.25) is 0 Å². The summed E-state index contributed by atoms with van der Waals surface area (Å²) in [5.74, 6) is 0. The highest BCUT2D eigenvalue weighted by atomic mass is 15.0. The molecule has 3 aromatic rings. The lowest BCUT2D eigenvalue weighted by atomic mass is 10.1. The normalized spacial score (nSPS) is 12.2. The van der Waals surface area contributed by atoms with Gasteiger partial charge in [-0.15, -0.1) is 0 Å². The van der Waals surface area contributed by atoms with E-state index < -0.39 is 0 Å². The van der Waals surface area contributed by atoms with Crippen LogP contribution in [-0.4, -0.2) is 4.57 Å². The van der Waals surface area contributed by atoms with Crippen LogP contribution in [0.25, 0.3) is 16.9 Å². The number of aromatic nitrogens is 1. The van der Waals surface area contributed by atoms with Gasteiger partial charge in [0.15, 0.2) is 0 Å². The number of para-hydroxylation sites is 1. The summed E-state index contributed by atoms with van der Waals surface area (Å²) >= 11 is 0. The highest BCUT2D eigenvalue weighted by Crippen LogP contribution is 2.38. The Balaban J connectivity index is 1.97. The second kappa shape index (κ2) is 3.61. The zero-order chi connectivity index (χ0) is 11.9. The number of fused-ring (bicyclic) bond motifs is 3. The van der Waals surface area contributed by atoms with Gasteiger partial charge in [-0.2, -0.15) is 0 Å². The van der Waals surface area contributed by atoms with Gasteiger partial charge in [0.05, 0.1) is 5.69 Å². The van der Waals surface area contributed by atoms with Crippen molar-refractivity contribution >= 4 is 0 Å². The molecular formula is C17H13N. The van der Waals surface area contributed by atoms with Gasteiger partial charge in [-0.1, -0.05) is 42.5 Å². The summed E-state index contributed by atoms with van der Waals surface area (Å²) in [7, 11) is 0. The van der Waals surface area contributed by atoms with Gasteiger partial charge in [-0.25, -0.2) is 0 Å². The van der Waals surface area contributed by atoms with Gasteiger partial charge >= 0.3 is 0 Å². The molecule has 0 atom stereocenters. The highest BCUT2D eigenvalue weighted by Gasteiger charge is 2.21. The van der Waals surface area contributed by atoms with Crippen LogP contribution >= 0.6 is 0 Å². The molecule has 0 fully saturated rings. The summed E-state index contributed by atoms with van der Waals surface area (Å²) < 4.78 is 2.29. The van der Waals surface area contributed by atoms with Crippen molar-refractivity contribution in [3.63, 3.8) is 0 Å². The minimum Gasteiger partial charge on any atom is -0.316 e. The van der Waals surface area contributed by atoms with E-state index in [0.717, 1.165) is 6.42 Å². The Bertz CT molecular complexity index is 707. The smallest absolute Gasteiger partial charge is 0.0566 e. The van der Waals surface area contributed by atoms with Crippen molar-refractivity contribution in [1.29, 1.82) is 0 Å². The van der Waals surface area contributed by atoms with Crippen LogP contribution in [0.3, 0.4) is 0 Å². The maximum Gasteiger partial charge on any atom is 0.0566 e. The Morgan fingerprint density at radius 3 is 2.39 bits per heavy atom. The van der Waals surface area contributed by atoms with E-state index in [9.17, 15) is 0 Å². The summed E-state index contributed by atoms with van der Waals surface area (Å²) in [6.45, 7) is 0. The van der Waals surface area contributed by atoms with E-state index >= 15 is 0 Å². The summed E-state index contributed by atoms with van der Waals surface area (Å²) in [5.41, 5.74) is 6.83. The van der Waals surface area contributed by atoms with Crippen molar-refractivity contribution in [3.05, 3.63) is 78.0 Å². The second-order valence-corrected chi connectivity index (χ2v) is 4.73. The molecule has 18 heavy (non-hydrogen) atoms. The molecule has 1 nitrogen and oxygen atoms in total. The Hall–Kier alpha value is -2.28. The van der Waals surface area contributed by atoms with Crippen molar-refractivity contribution in [2.45, 2.75) is 6.42 Å². The molecule has 1 aliphatic carbocycles. The van der Waals surface area contributed by atoms with Gasteiger partial charge in [0.2, 0.25) is 0 Å². The number of hydrogen-bond acceptors (Lipinski definition) is 0. The maximum absolute atomic E-state index is 2.29. The van der Waals surface area contributed by atoms with Gasteiger partial charge < -0.3 is 4.57 Å². The monoisotopic (exact) mass is 231 g/mol. The molecule has 0 amide bonds. The summed E-state index contributed by atoms with van der Waals surface area (Å²) in [6.07, 6.45) is 3.24. The molecule has 1 heterocycles. The number of nitrogens with zero attached hydrogens (tertiary/aromatic N) is 1. The summed E-state index contributed by atoms with van der Waals surface area (Å²) in [4.78, 5) is 0. The predicted molar refractivity (Wildman–Crippen MR) is 74.0 cm³/mol. The molecule has 1 aromatic heterocycles. The molecule has 0 N–H and O–H groups in total. The second-order valence-electron chi connectivity index (χ2n) is 4.73. The maximum atomic E-state index is 2.29. The third-order valence-electron chi connectivity index (χ3n) is 3.66. The molecular weight excluding hydrogens is 218 g/mol. The van der Waals surface area contributed by atoms with Crippen LogP contribution in [0.1, 0.15) is 11.1 Å². The molecule has 0 bridgehead atoms. The molecule has 1 aliphatic rings. The van der Waals surface area contributed by atoms with Crippen LogP contribution < -0.4 is 0 Å². The highest BCUT2D eigenvalue weighted by molar-refractivity contribution is 5.76. The fourth-order valence-electron chi connectivity index (χ4n) is 2.83. The fourth-order valence-corrected chi connectivity index (χ4v) is 2.83. The lowest BCUT2D eigenvalue weighted by Gasteiger charge is -2.08. The minimum atomic E-state index is 1.06. The van der Waals surface area contributed by atoms with E-state index in [0.29, 0.717) is 0 Å². The van der Waals surface area contributed by atoms with Gasteiger partial charge in [-0.3, -0.25) is 0 Å². The molecule has 86 valence electrons. The minimum absolute atomic E-state index is 1.06. The lowest BCUT2D eigenvalue weighted by Crippen LogP contribution is -1.94. The van der Waals surface area contributed by atoms with E-state index in [1.807, 2.05) is 0 Å². The number of benzene rings is 2. The zero-order valence-electron chi connectivity index (χ0n) is 10.0. The molecule has 1 heteroatoms. The first-order chi connectivity index (χ1) is 8.93. The van der Waals surface area contributed by atoms with Crippen LogP contribution in [0, 0.1) is 0 Å². The molecule has 0 unspecified atom stereocenters. The third kappa shape index (κ3) is 1.28. The summed E-state index contributed by atoms with van der Waals surface area (Å²) in [6, 6.07) is 21.5. The standard InChI is InChI=1S/C17H13N/c1-2-7-15(8-3-1)18-11-10-14-12-13-6-4-5-9-16(13)17(14)18/h1-11H,12H2. The Morgan fingerprint density at radius 2 is 1.50 bits per heavy atom. The molecule has 0 spiro atoms. The summed E-state index contributed by atoms with van der Waals surface area (Å²) in [5, 5.41) is 0. The van der Waals surface area contributed by atoms with E-state index in [1.165, 1.54) is 28.1 Å². The van der Waals surface area contributed by atoms with Crippen molar-refractivity contribution in [1.82, 2.24) is 4.57 Å². The molecule has 4 rings (SSSR count). The largest absolute Gasteiger partial charge is 0.316 e. The van der Waals surface area contributed by atoms with Crippen LogP contribution in [-0.2, 0) is 6.42 Å². The van der Waals surface area contributed by atoms with Gasteiger partial charge in [0.1, 0.15) is 0 Å². The van der Waals surface area contributed by atoms with Crippen molar-refractivity contribution in [2.24, 2.45) is 0 Å². The van der Waals surface area contributed by atoms with Crippen LogP contribution in [0.4, 0.5) is 0 Å². The van der Waals surface area contributed by atoms with Crippen LogP contribution in [0.5, 0.6) is 0 Å². The Morgan fingerprint density at radius 1 is 0.722 bits per heavy atom. The lowest BCUT2D eigenvalue weighted by molar-refractivity contribution is 1.09. The van der Waals surface area contributed by atoms with Gasteiger partial charge in [0, 0.05) is 23.9 Å². The third-order valence-corrected chi connectivity index (χ3v) is 3.66. The topological polar surface area (TPSA) is 4.93 Å². The van der Waals surface area contributed by atoms with E-state index in [-0.39, 0.29) is 0 Å². The average Bonchev–Trinajstić information content (AvgIpc) is 2.98.